The fourth-order valence-electron chi connectivity index (χ4n) is 3.12. The van der Waals surface area contributed by atoms with Gasteiger partial charge in [0.05, 0.1) is 7.11 Å². The highest BCUT2D eigenvalue weighted by molar-refractivity contribution is 6.11. The Morgan fingerprint density at radius 3 is 2.74 bits per heavy atom. The molecule has 0 N–H and O–H groups in total. The zero-order chi connectivity index (χ0) is 14.0. The van der Waals surface area contributed by atoms with E-state index >= 15 is 0 Å². The molecule has 4 nitrogen and oxygen atoms in total. The van der Waals surface area contributed by atoms with Gasteiger partial charge in [0.2, 0.25) is 5.78 Å². The van der Waals surface area contributed by atoms with Crippen LogP contribution in [-0.4, -0.2) is 32.4 Å². The van der Waals surface area contributed by atoms with Crippen molar-refractivity contribution in [2.45, 2.75) is 19.8 Å². The van der Waals surface area contributed by atoms with Gasteiger partial charge >= 0.3 is 0 Å². The minimum atomic E-state index is -0.633. The maximum absolute atomic E-state index is 12.5. The summed E-state index contributed by atoms with van der Waals surface area (Å²) in [7, 11) is 3.07. The van der Waals surface area contributed by atoms with Crippen molar-refractivity contribution in [1.82, 2.24) is 0 Å². The molecule has 0 heterocycles. The van der Waals surface area contributed by atoms with E-state index < -0.39 is 5.41 Å². The second kappa shape index (κ2) is 5.29. The van der Waals surface area contributed by atoms with Gasteiger partial charge in [-0.2, -0.15) is 0 Å². The maximum Gasteiger partial charge on any atom is 0.202 e. The van der Waals surface area contributed by atoms with Crippen LogP contribution >= 0.6 is 0 Å². The SMILES string of the molecule is COCC[C@@H]1C=CCC2(C)C(=O)C=C(OC)C(=O)C12. The standard InChI is InChI=1S/C15H20O4/c1-15-7-4-5-10(6-8-18-2)13(15)14(17)11(19-3)9-12(15)16/h4-5,9-10,13H,6-8H2,1-3H3/t10-,13?,15?/m0/s1. The molecule has 0 bridgehead atoms. The summed E-state index contributed by atoms with van der Waals surface area (Å²) in [6, 6.07) is 0. The number of ether oxygens (including phenoxy) is 2. The lowest BCUT2D eigenvalue weighted by Crippen LogP contribution is -2.48. The fraction of sp³-hybridized carbons (Fsp3) is 0.600. The minimum Gasteiger partial charge on any atom is -0.493 e. The third-order valence-electron chi connectivity index (χ3n) is 4.27. The van der Waals surface area contributed by atoms with Crippen LogP contribution in [0.4, 0.5) is 0 Å². The first-order valence-corrected chi connectivity index (χ1v) is 6.54. The van der Waals surface area contributed by atoms with E-state index in [4.69, 9.17) is 9.47 Å². The first-order chi connectivity index (χ1) is 9.04. The van der Waals surface area contributed by atoms with Gasteiger partial charge in [0, 0.05) is 31.1 Å². The largest absolute Gasteiger partial charge is 0.493 e. The molecule has 0 aromatic heterocycles. The van der Waals surface area contributed by atoms with Crippen molar-refractivity contribution in [3.63, 3.8) is 0 Å². The van der Waals surface area contributed by atoms with Crippen LogP contribution in [0.2, 0.25) is 0 Å². The molecule has 0 aliphatic heterocycles. The second-order valence-electron chi connectivity index (χ2n) is 5.41. The summed E-state index contributed by atoms with van der Waals surface area (Å²) in [5.41, 5.74) is -0.633. The summed E-state index contributed by atoms with van der Waals surface area (Å²) in [4.78, 5) is 24.8. The van der Waals surface area contributed by atoms with Crippen molar-refractivity contribution in [2.24, 2.45) is 17.3 Å². The van der Waals surface area contributed by atoms with Gasteiger partial charge in [0.25, 0.3) is 0 Å². The van der Waals surface area contributed by atoms with Crippen molar-refractivity contribution in [2.75, 3.05) is 20.8 Å². The normalized spacial score (nSPS) is 33.9. The maximum atomic E-state index is 12.5. The van der Waals surface area contributed by atoms with E-state index in [2.05, 4.69) is 0 Å². The van der Waals surface area contributed by atoms with Crippen molar-refractivity contribution in [1.29, 1.82) is 0 Å². The molecule has 4 heteroatoms. The average Bonchev–Trinajstić information content (AvgIpc) is 2.40. The van der Waals surface area contributed by atoms with Gasteiger partial charge < -0.3 is 9.47 Å². The molecule has 2 rings (SSSR count). The van der Waals surface area contributed by atoms with Gasteiger partial charge in [0.1, 0.15) is 0 Å². The third kappa shape index (κ3) is 2.25. The number of ketones is 2. The Balaban J connectivity index is 2.37. The molecule has 0 fully saturated rings. The van der Waals surface area contributed by atoms with Crippen LogP contribution in [0.25, 0.3) is 0 Å². The molecule has 0 saturated carbocycles. The van der Waals surface area contributed by atoms with E-state index in [-0.39, 0.29) is 29.2 Å². The molecule has 2 aliphatic carbocycles. The first-order valence-electron chi connectivity index (χ1n) is 6.54. The zero-order valence-electron chi connectivity index (χ0n) is 11.6. The molecule has 104 valence electrons. The van der Waals surface area contributed by atoms with E-state index in [1.165, 1.54) is 13.2 Å². The van der Waals surface area contributed by atoms with Crippen LogP contribution < -0.4 is 0 Å². The Morgan fingerprint density at radius 2 is 2.11 bits per heavy atom. The second-order valence-corrected chi connectivity index (χ2v) is 5.41. The number of rotatable bonds is 4. The number of carbonyl (C=O) groups is 2. The molecule has 0 radical (unpaired) electrons. The van der Waals surface area contributed by atoms with Crippen LogP contribution in [0.15, 0.2) is 24.0 Å². The lowest BCUT2D eigenvalue weighted by Gasteiger charge is -2.43. The topological polar surface area (TPSA) is 52.6 Å². The Kier molecular flexibility index (Phi) is 3.90. The van der Waals surface area contributed by atoms with E-state index in [1.54, 1.807) is 7.11 Å². The van der Waals surface area contributed by atoms with Gasteiger partial charge in [-0.15, -0.1) is 0 Å². The van der Waals surface area contributed by atoms with Crippen LogP contribution in [-0.2, 0) is 19.1 Å². The lowest BCUT2D eigenvalue weighted by molar-refractivity contribution is -0.140. The molecule has 2 unspecified atom stereocenters. The molecule has 0 aromatic rings. The van der Waals surface area contributed by atoms with Crippen LogP contribution in [0.3, 0.4) is 0 Å². The van der Waals surface area contributed by atoms with Crippen molar-refractivity contribution in [3.05, 3.63) is 24.0 Å². The van der Waals surface area contributed by atoms with Crippen molar-refractivity contribution in [3.8, 4) is 0 Å². The van der Waals surface area contributed by atoms with Gasteiger partial charge in [-0.25, -0.2) is 0 Å². The molecule has 0 spiro atoms. The molecule has 0 amide bonds. The number of fused-ring (bicyclic) bond motifs is 1. The molecule has 0 aromatic carbocycles. The Labute approximate surface area is 113 Å². The molecular weight excluding hydrogens is 244 g/mol. The smallest absolute Gasteiger partial charge is 0.202 e. The number of hydrogen-bond acceptors (Lipinski definition) is 4. The van der Waals surface area contributed by atoms with Gasteiger partial charge in [0.15, 0.2) is 11.5 Å². The highest BCUT2D eigenvalue weighted by atomic mass is 16.5. The van der Waals surface area contributed by atoms with E-state index in [9.17, 15) is 9.59 Å². The summed E-state index contributed by atoms with van der Waals surface area (Å²) >= 11 is 0. The number of methoxy groups -OCH3 is 2. The molecule has 2 aliphatic rings. The molecule has 0 saturated heterocycles. The number of allylic oxidation sites excluding steroid dienone is 4. The van der Waals surface area contributed by atoms with Crippen molar-refractivity contribution >= 4 is 11.6 Å². The van der Waals surface area contributed by atoms with Crippen molar-refractivity contribution < 1.29 is 19.1 Å². The molecule has 3 atom stereocenters. The number of hydrogen-bond donors (Lipinski definition) is 0. The quantitative estimate of drug-likeness (QED) is 0.728. The summed E-state index contributed by atoms with van der Waals surface area (Å²) in [5, 5.41) is 0. The third-order valence-corrected chi connectivity index (χ3v) is 4.27. The predicted octanol–water partition coefficient (Wildman–Crippen LogP) is 1.90. The van der Waals surface area contributed by atoms with Gasteiger partial charge in [-0.3, -0.25) is 9.59 Å². The van der Waals surface area contributed by atoms with Gasteiger partial charge in [-0.1, -0.05) is 19.1 Å². The highest BCUT2D eigenvalue weighted by Gasteiger charge is 2.52. The summed E-state index contributed by atoms with van der Waals surface area (Å²) in [6.07, 6.45) is 6.75. The Morgan fingerprint density at radius 1 is 1.37 bits per heavy atom. The van der Waals surface area contributed by atoms with E-state index in [0.29, 0.717) is 13.0 Å². The van der Waals surface area contributed by atoms with Gasteiger partial charge in [-0.05, 0) is 18.8 Å². The summed E-state index contributed by atoms with van der Waals surface area (Å²) < 4.78 is 10.2. The van der Waals surface area contributed by atoms with Crippen LogP contribution in [0, 0.1) is 17.3 Å². The Hall–Kier alpha value is -1.42. The number of Topliss-reactive ketones (excluding diaryl/α,β-unsaturated/α-hetero) is 1. The molecule has 19 heavy (non-hydrogen) atoms. The first kappa shape index (κ1) is 14.0. The Bertz CT molecular complexity index is 449. The van der Waals surface area contributed by atoms with E-state index in [0.717, 1.165) is 6.42 Å². The van der Waals surface area contributed by atoms with Crippen LogP contribution in [0.1, 0.15) is 19.8 Å². The summed E-state index contributed by atoms with van der Waals surface area (Å²) in [6.45, 7) is 2.46. The fourth-order valence-corrected chi connectivity index (χ4v) is 3.12. The predicted molar refractivity (Wildman–Crippen MR) is 70.4 cm³/mol. The minimum absolute atomic E-state index is 0.0132. The summed E-state index contributed by atoms with van der Waals surface area (Å²) in [5.74, 6) is -0.185. The monoisotopic (exact) mass is 264 g/mol. The van der Waals surface area contributed by atoms with E-state index in [1.807, 2.05) is 19.1 Å². The average molecular weight is 264 g/mol. The zero-order valence-corrected chi connectivity index (χ0v) is 11.6. The van der Waals surface area contributed by atoms with Crippen LogP contribution in [0.5, 0.6) is 0 Å². The lowest BCUT2D eigenvalue weighted by atomic mass is 9.58. The number of carbonyl (C=O) groups excluding carboxylic acids is 2. The molecular formula is C15H20O4. The highest BCUT2D eigenvalue weighted by Crippen LogP contribution is 2.47.